The molecule has 0 aliphatic carbocycles. The van der Waals surface area contributed by atoms with Crippen molar-refractivity contribution in [3.05, 3.63) is 0 Å². The zero-order chi connectivity index (χ0) is 48.9. The fraction of sp³-hybridized carbons (Fsp3) is 0.750. The van der Waals surface area contributed by atoms with Crippen LogP contribution in [0.4, 0.5) is 0 Å². The molecule has 9 unspecified atom stereocenters. The summed E-state index contributed by atoms with van der Waals surface area (Å²) in [6.45, 7) is 9.44. The van der Waals surface area contributed by atoms with Gasteiger partial charge in [-0.2, -0.15) is 0 Å². The van der Waals surface area contributed by atoms with Gasteiger partial charge in [0.25, 0.3) is 0 Å². The van der Waals surface area contributed by atoms with Gasteiger partial charge >= 0.3 is 59.7 Å². The lowest BCUT2D eigenvalue weighted by Crippen LogP contribution is -2.67. The van der Waals surface area contributed by atoms with Gasteiger partial charge in [0.05, 0.1) is 12.7 Å². The lowest BCUT2D eigenvalue weighted by Gasteiger charge is -2.49. The third kappa shape index (κ3) is 16.5. The number of ether oxygens (including phenoxy) is 15. The molecule has 3 aliphatic heterocycles. The van der Waals surface area contributed by atoms with Gasteiger partial charge in [0.2, 0.25) is 0 Å². The topological polar surface area (TPSA) is 309 Å². The molecule has 0 amide bonds. The smallest absolute Gasteiger partial charge is 0.303 e. The number of rotatable bonds is 18. The zero-order valence-electron chi connectivity index (χ0n) is 37.7. The van der Waals surface area contributed by atoms with Gasteiger partial charge in [0.1, 0.15) is 49.8 Å². The van der Waals surface area contributed by atoms with E-state index in [1.165, 1.54) is 6.92 Å². The summed E-state index contributed by atoms with van der Waals surface area (Å²) in [5.41, 5.74) is -1.71. The Morgan fingerprint density at radius 1 is 0.431 bits per heavy atom. The highest BCUT2D eigenvalue weighted by Gasteiger charge is 2.58. The maximum Gasteiger partial charge on any atom is 0.303 e. The molecule has 3 saturated heterocycles. The van der Waals surface area contributed by atoms with E-state index < -0.39 is 171 Å². The number of hydrogen-bond acceptors (Lipinski definition) is 25. The first-order valence-corrected chi connectivity index (χ1v) is 20.2. The molecule has 3 heterocycles. The van der Waals surface area contributed by atoms with Gasteiger partial charge in [-0.25, -0.2) is 0 Å². The first-order chi connectivity index (χ1) is 30.3. The van der Waals surface area contributed by atoms with Crippen molar-refractivity contribution in [2.75, 3.05) is 26.4 Å². The highest BCUT2D eigenvalue weighted by molar-refractivity contribution is 5.70. The van der Waals surface area contributed by atoms with Gasteiger partial charge in [-0.1, -0.05) is 0 Å². The van der Waals surface area contributed by atoms with Gasteiger partial charge in [-0.05, 0) is 6.92 Å². The summed E-state index contributed by atoms with van der Waals surface area (Å²) in [6, 6.07) is 0. The van der Waals surface area contributed by atoms with Crippen molar-refractivity contribution in [2.45, 2.75) is 168 Å². The SMILES string of the molecule is CC(=O)OCC1O[C@@H](O[C@@H]2C(COC(C)=O)O[C@@H](OCC3(COC(C)=O)CC(OC(C)=O)C(OC(C)=O)[C@H](C)O3)C(OC(C)=O)C2OC(C)=O)C(OC(C)=O)C(OC(C)=O)[C@@H]1OC(C)=O. The van der Waals surface area contributed by atoms with Gasteiger partial charge in [-0.15, -0.1) is 0 Å². The van der Waals surface area contributed by atoms with Crippen LogP contribution >= 0.6 is 0 Å². The Morgan fingerprint density at radius 3 is 1.28 bits per heavy atom. The normalized spacial score (nSPS) is 32.0. The quantitative estimate of drug-likeness (QED) is 0.125. The second-order valence-electron chi connectivity index (χ2n) is 15.2. The van der Waals surface area contributed by atoms with E-state index in [1.807, 2.05) is 0 Å². The monoisotopic (exact) mass is 936 g/mol. The average Bonchev–Trinajstić information content (AvgIpc) is 3.16. The van der Waals surface area contributed by atoms with E-state index in [4.69, 9.17) is 71.1 Å². The summed E-state index contributed by atoms with van der Waals surface area (Å²) in [5, 5.41) is 0. The van der Waals surface area contributed by atoms with Crippen molar-refractivity contribution in [1.29, 1.82) is 0 Å². The summed E-state index contributed by atoms with van der Waals surface area (Å²) in [4.78, 5) is 124. The van der Waals surface area contributed by atoms with Crippen LogP contribution in [0.2, 0.25) is 0 Å². The Kier molecular flexibility index (Phi) is 20.0. The van der Waals surface area contributed by atoms with Gasteiger partial charge in [-0.3, -0.25) is 47.9 Å². The molecule has 0 spiro atoms. The van der Waals surface area contributed by atoms with E-state index in [1.54, 1.807) is 0 Å². The van der Waals surface area contributed by atoms with Crippen molar-refractivity contribution in [2.24, 2.45) is 0 Å². The Bertz CT molecular complexity index is 1760. The largest absolute Gasteiger partial charge is 0.463 e. The molecule has 0 saturated carbocycles. The number of carbonyl (C=O) groups excluding carboxylic acids is 10. The van der Waals surface area contributed by atoms with Gasteiger partial charge in [0, 0.05) is 75.7 Å². The lowest BCUT2D eigenvalue weighted by atomic mass is 9.88. The Hall–Kier alpha value is -5.50. The standard InChI is InChI=1S/C40H56O25/c1-17-31(56-22(6)45)28(55-21(5)44)12-40(65-17,15-53-20(4)43)16-54-38-36(60-26(10)49)35(59-25(9)48)33(30(62-38)14-52-19(3)42)64-39-37(61-27(11)50)34(58-24(8)47)32(57-23(7)46)29(63-39)13-51-18(2)41/h17,28-39H,12-16H2,1-11H3/t17-,28?,29?,30?,31?,32+,33+,34?,35?,36?,37?,38+,39-,40?/m0/s1. The zero-order valence-corrected chi connectivity index (χ0v) is 37.7. The maximum atomic E-state index is 12.9. The van der Waals surface area contributed by atoms with Crippen molar-refractivity contribution >= 4 is 59.7 Å². The molecule has 0 bridgehead atoms. The number of esters is 10. The third-order valence-electron chi connectivity index (χ3n) is 9.39. The van der Waals surface area contributed by atoms with Crippen LogP contribution in [-0.2, 0) is 119 Å². The minimum Gasteiger partial charge on any atom is -0.463 e. The molecule has 25 heteroatoms. The molecule has 3 aliphatic rings. The molecule has 25 nitrogen and oxygen atoms in total. The van der Waals surface area contributed by atoms with Crippen molar-refractivity contribution in [3.63, 3.8) is 0 Å². The third-order valence-corrected chi connectivity index (χ3v) is 9.39. The minimum atomic E-state index is -1.93. The number of hydrogen-bond donors (Lipinski definition) is 0. The van der Waals surface area contributed by atoms with E-state index in [9.17, 15) is 47.9 Å². The molecular formula is C40H56O25. The van der Waals surface area contributed by atoms with E-state index in [0.717, 1.165) is 69.2 Å². The molecule has 366 valence electrons. The van der Waals surface area contributed by atoms with E-state index in [0.29, 0.717) is 0 Å². The Labute approximate surface area is 372 Å². The predicted octanol–water partition coefficient (Wildman–Crippen LogP) is -0.403. The molecule has 0 radical (unpaired) electrons. The second kappa shape index (κ2) is 24.1. The van der Waals surface area contributed by atoms with Crippen LogP contribution in [-0.4, -0.2) is 171 Å². The highest BCUT2D eigenvalue weighted by atomic mass is 16.8. The molecule has 3 rings (SSSR count). The first-order valence-electron chi connectivity index (χ1n) is 20.2. The van der Waals surface area contributed by atoms with Crippen LogP contribution in [0.15, 0.2) is 0 Å². The fourth-order valence-corrected chi connectivity index (χ4v) is 7.28. The highest BCUT2D eigenvalue weighted by Crippen LogP contribution is 2.38. The molecule has 0 aromatic heterocycles. The van der Waals surface area contributed by atoms with Gasteiger partial charge < -0.3 is 71.1 Å². The van der Waals surface area contributed by atoms with Crippen LogP contribution < -0.4 is 0 Å². The lowest BCUT2D eigenvalue weighted by molar-refractivity contribution is -0.365. The Balaban J connectivity index is 2.19. The van der Waals surface area contributed by atoms with Crippen LogP contribution in [0.3, 0.4) is 0 Å². The van der Waals surface area contributed by atoms with Crippen LogP contribution in [0.5, 0.6) is 0 Å². The summed E-state index contributed by atoms with van der Waals surface area (Å²) in [7, 11) is 0. The van der Waals surface area contributed by atoms with Crippen LogP contribution in [0, 0.1) is 0 Å². The molecule has 3 fully saturated rings. The summed E-state index contributed by atoms with van der Waals surface area (Å²) in [6.07, 6.45) is -21.0. The average molecular weight is 937 g/mol. The summed E-state index contributed by atoms with van der Waals surface area (Å²) < 4.78 is 85.6. The molecule has 0 aromatic carbocycles. The van der Waals surface area contributed by atoms with Gasteiger partial charge in [0.15, 0.2) is 49.2 Å². The predicted molar refractivity (Wildman–Crippen MR) is 205 cm³/mol. The fourth-order valence-electron chi connectivity index (χ4n) is 7.28. The molecular weight excluding hydrogens is 880 g/mol. The summed E-state index contributed by atoms with van der Waals surface area (Å²) in [5.74, 6) is -8.70. The van der Waals surface area contributed by atoms with Crippen LogP contribution in [0.1, 0.15) is 82.6 Å². The van der Waals surface area contributed by atoms with Crippen molar-refractivity contribution < 1.29 is 119 Å². The maximum absolute atomic E-state index is 12.9. The van der Waals surface area contributed by atoms with Crippen LogP contribution in [0.25, 0.3) is 0 Å². The molecule has 0 aromatic rings. The van der Waals surface area contributed by atoms with E-state index >= 15 is 0 Å². The van der Waals surface area contributed by atoms with E-state index in [2.05, 4.69) is 0 Å². The van der Waals surface area contributed by atoms with E-state index in [-0.39, 0.29) is 6.42 Å². The van der Waals surface area contributed by atoms with Crippen molar-refractivity contribution in [3.8, 4) is 0 Å². The molecule has 0 N–H and O–H groups in total. The minimum absolute atomic E-state index is 0.314. The number of carbonyl (C=O) groups is 10. The first kappa shape index (κ1) is 53.8. The molecule has 65 heavy (non-hydrogen) atoms. The Morgan fingerprint density at radius 2 is 0.815 bits per heavy atom. The summed E-state index contributed by atoms with van der Waals surface area (Å²) >= 11 is 0. The molecule has 14 atom stereocenters. The van der Waals surface area contributed by atoms with Crippen molar-refractivity contribution in [1.82, 2.24) is 0 Å². The second-order valence-corrected chi connectivity index (χ2v) is 15.2.